The van der Waals surface area contributed by atoms with Crippen molar-refractivity contribution in [3.05, 3.63) is 28.7 Å². The van der Waals surface area contributed by atoms with Gasteiger partial charge in [0.15, 0.2) is 0 Å². The molecule has 0 atom stereocenters. The molecule has 1 rings (SSSR count). The van der Waals surface area contributed by atoms with Crippen LogP contribution in [0.4, 0.5) is 0 Å². The molecule has 0 aromatic heterocycles. The molecule has 0 bridgehead atoms. The molecule has 1 aromatic carbocycles. The monoisotopic (exact) mass is 187 g/mol. The lowest BCUT2D eigenvalue weighted by atomic mass is 10.4. The van der Waals surface area contributed by atoms with E-state index in [9.17, 15) is 0 Å². The minimum Gasteiger partial charge on any atom is -0.0789 e. The molecule has 0 fully saturated rings. The molecule has 0 saturated heterocycles. The summed E-state index contributed by atoms with van der Waals surface area (Å²) >= 11 is 8.20. The van der Waals surface area contributed by atoms with Gasteiger partial charge in [-0.3, -0.25) is 0 Å². The molecule has 0 saturated carbocycles. The van der Waals surface area contributed by atoms with Gasteiger partial charge in [0.1, 0.15) is 0 Å². The lowest BCUT2D eigenvalue weighted by Gasteiger charge is -1.89. The van der Waals surface area contributed by atoms with Crippen molar-refractivity contribution in [2.24, 2.45) is 0 Å². The maximum atomic E-state index is 4.91. The van der Waals surface area contributed by atoms with Gasteiger partial charge >= 0.3 is 0 Å². The first-order valence-electron chi connectivity index (χ1n) is 2.22. The summed E-state index contributed by atoms with van der Waals surface area (Å²) in [6.45, 7) is 0. The van der Waals surface area contributed by atoms with E-state index >= 15 is 0 Å². The van der Waals surface area contributed by atoms with E-state index in [0.29, 0.717) is 0 Å². The third-order valence-electron chi connectivity index (χ3n) is 0.837. The van der Waals surface area contributed by atoms with Crippen LogP contribution in [0.1, 0.15) is 0 Å². The summed E-state index contributed by atoms with van der Waals surface area (Å²) in [5.74, 6) is 0. The van der Waals surface area contributed by atoms with Crippen molar-refractivity contribution < 1.29 is 0 Å². The zero-order valence-electron chi connectivity index (χ0n) is 4.10. The second-order valence-electron chi connectivity index (χ2n) is 1.43. The van der Waals surface area contributed by atoms with E-state index in [1.54, 1.807) is 0 Å². The smallest absolute Gasteiger partial charge is 0.0519 e. The molecule has 1 radical (unpaired) electrons. The van der Waals surface area contributed by atoms with Gasteiger partial charge in [0.2, 0.25) is 0 Å². The Balaban J connectivity index is 3.13. The highest BCUT2D eigenvalue weighted by atomic mass is 79.9. The molecule has 1 aromatic rings. The molecule has 0 unspecified atom stereocenters. The highest BCUT2D eigenvalue weighted by molar-refractivity contribution is 9.10. The topological polar surface area (TPSA) is 0 Å². The van der Waals surface area contributed by atoms with Crippen molar-refractivity contribution >= 4 is 28.6 Å². The molecular weight excluding hydrogens is 184 g/mol. The molecule has 0 aliphatic carbocycles. The highest BCUT2D eigenvalue weighted by Gasteiger charge is 1.88. The summed E-state index contributed by atoms with van der Waals surface area (Å²) in [6.07, 6.45) is 0. The fraction of sp³-hybridized carbons (Fsp3) is 0. The summed E-state index contributed by atoms with van der Waals surface area (Å²) in [4.78, 5) is 0.868. The largest absolute Gasteiger partial charge is 0.0789 e. The van der Waals surface area contributed by atoms with Crippen LogP contribution in [-0.2, 0) is 0 Å². The van der Waals surface area contributed by atoms with E-state index in [-0.39, 0.29) is 0 Å². The first-order chi connectivity index (χ1) is 3.80. The van der Waals surface area contributed by atoms with Gasteiger partial charge in [-0.1, -0.05) is 24.8 Å². The fourth-order valence-corrected chi connectivity index (χ4v) is 0.876. The van der Waals surface area contributed by atoms with E-state index in [1.165, 1.54) is 0 Å². The fourth-order valence-electron chi connectivity index (χ4n) is 0.445. The summed E-state index contributed by atoms with van der Waals surface area (Å²) in [5.41, 5.74) is 0. The van der Waals surface area contributed by atoms with E-state index in [0.717, 1.165) is 9.37 Å². The van der Waals surface area contributed by atoms with Gasteiger partial charge in [0.25, 0.3) is 0 Å². The number of hydrogen-bond acceptors (Lipinski definition) is 0. The molecular formula is C6H4BrS. The standard InChI is InChI=1S/C6H4BrS/c7-5-3-1-2-4-6(5)8/h1-4H. The summed E-state index contributed by atoms with van der Waals surface area (Å²) < 4.78 is 0.995. The normalized spacial score (nSPS) is 9.12. The molecule has 0 spiro atoms. The van der Waals surface area contributed by atoms with Gasteiger partial charge in [-0.2, -0.15) is 0 Å². The van der Waals surface area contributed by atoms with Gasteiger partial charge in [0.05, 0.1) is 4.90 Å². The minimum atomic E-state index is 0.868. The summed E-state index contributed by atoms with van der Waals surface area (Å²) in [6, 6.07) is 7.69. The molecule has 0 N–H and O–H groups in total. The Morgan fingerprint density at radius 3 is 2.25 bits per heavy atom. The maximum Gasteiger partial charge on any atom is 0.0519 e. The van der Waals surface area contributed by atoms with Crippen molar-refractivity contribution in [1.82, 2.24) is 0 Å². The first-order valence-corrected chi connectivity index (χ1v) is 3.42. The molecule has 0 amide bonds. The lowest BCUT2D eigenvalue weighted by Crippen LogP contribution is -1.64. The van der Waals surface area contributed by atoms with E-state index in [4.69, 9.17) is 12.6 Å². The van der Waals surface area contributed by atoms with Gasteiger partial charge < -0.3 is 0 Å². The number of hydrogen-bond donors (Lipinski definition) is 0. The number of halogens is 1. The predicted octanol–water partition coefficient (Wildman–Crippen LogP) is 3.01. The van der Waals surface area contributed by atoms with Crippen LogP contribution in [-0.4, -0.2) is 0 Å². The van der Waals surface area contributed by atoms with Crippen LogP contribution >= 0.6 is 28.6 Å². The van der Waals surface area contributed by atoms with Crippen molar-refractivity contribution in [1.29, 1.82) is 0 Å². The number of rotatable bonds is 0. The van der Waals surface area contributed by atoms with Gasteiger partial charge in [-0.05, 0) is 28.1 Å². The quantitative estimate of drug-likeness (QED) is 0.587. The lowest BCUT2D eigenvalue weighted by molar-refractivity contribution is 1.42. The zero-order chi connectivity index (χ0) is 5.98. The first kappa shape index (κ1) is 6.05. The minimum absolute atomic E-state index is 0.868. The van der Waals surface area contributed by atoms with E-state index in [1.807, 2.05) is 24.3 Å². The SMILES string of the molecule is [S]c1ccccc1Br. The maximum absolute atomic E-state index is 4.91. The molecule has 0 heterocycles. The molecule has 0 nitrogen and oxygen atoms in total. The Kier molecular flexibility index (Phi) is 1.86. The van der Waals surface area contributed by atoms with Crippen LogP contribution in [0, 0.1) is 0 Å². The van der Waals surface area contributed by atoms with Gasteiger partial charge in [-0.25, -0.2) is 0 Å². The highest BCUT2D eigenvalue weighted by Crippen LogP contribution is 2.18. The Morgan fingerprint density at radius 1 is 1.25 bits per heavy atom. The van der Waals surface area contributed by atoms with E-state index in [2.05, 4.69) is 15.9 Å². The Hall–Kier alpha value is -0.0800. The molecule has 2 heteroatoms. The second kappa shape index (κ2) is 2.46. The average Bonchev–Trinajstić information content (AvgIpc) is 1.77. The van der Waals surface area contributed by atoms with Crippen LogP contribution in [0.3, 0.4) is 0 Å². The van der Waals surface area contributed by atoms with Crippen LogP contribution in [0.15, 0.2) is 33.6 Å². The van der Waals surface area contributed by atoms with Crippen molar-refractivity contribution in [2.45, 2.75) is 4.90 Å². The number of benzene rings is 1. The second-order valence-corrected chi connectivity index (χ2v) is 2.72. The van der Waals surface area contributed by atoms with Crippen molar-refractivity contribution in [3.8, 4) is 0 Å². The summed E-state index contributed by atoms with van der Waals surface area (Å²) in [5, 5.41) is 0. The van der Waals surface area contributed by atoms with Crippen LogP contribution in [0.2, 0.25) is 0 Å². The zero-order valence-corrected chi connectivity index (χ0v) is 6.50. The van der Waals surface area contributed by atoms with Crippen molar-refractivity contribution in [2.75, 3.05) is 0 Å². The third kappa shape index (κ3) is 1.20. The van der Waals surface area contributed by atoms with Crippen LogP contribution in [0.25, 0.3) is 0 Å². The summed E-state index contributed by atoms with van der Waals surface area (Å²) in [7, 11) is 0. The molecule has 8 heavy (non-hydrogen) atoms. The van der Waals surface area contributed by atoms with Crippen LogP contribution in [0.5, 0.6) is 0 Å². The Labute approximate surface area is 62.5 Å². The van der Waals surface area contributed by atoms with Gasteiger partial charge in [0, 0.05) is 4.47 Å². The molecule has 0 aliphatic rings. The molecule has 0 aliphatic heterocycles. The molecule has 41 valence electrons. The Bertz CT molecular complexity index is 165. The van der Waals surface area contributed by atoms with Crippen LogP contribution < -0.4 is 0 Å². The van der Waals surface area contributed by atoms with E-state index < -0.39 is 0 Å². The third-order valence-corrected chi connectivity index (χ3v) is 2.15. The predicted molar refractivity (Wildman–Crippen MR) is 40.0 cm³/mol. The van der Waals surface area contributed by atoms with Gasteiger partial charge in [-0.15, -0.1) is 0 Å². The van der Waals surface area contributed by atoms with Crippen molar-refractivity contribution in [3.63, 3.8) is 0 Å². The Morgan fingerprint density at radius 2 is 1.88 bits per heavy atom. The average molecular weight is 188 g/mol.